The van der Waals surface area contributed by atoms with Crippen molar-refractivity contribution in [3.8, 4) is 11.5 Å². The smallest absolute Gasteiger partial charge is 0.196 e. The summed E-state index contributed by atoms with van der Waals surface area (Å²) >= 11 is 3.60. The number of carbonyl (C=O) groups is 1. The van der Waals surface area contributed by atoms with Crippen molar-refractivity contribution in [1.29, 1.82) is 0 Å². The van der Waals surface area contributed by atoms with Crippen molar-refractivity contribution in [2.75, 3.05) is 0 Å². The zero-order valence-corrected chi connectivity index (χ0v) is 9.98. The number of allylic oxidation sites excluding steroid dienone is 4. The quantitative estimate of drug-likeness (QED) is 0.277. The monoisotopic (exact) mass is 248 g/mol. The first-order valence-corrected chi connectivity index (χ1v) is 5.14. The molecule has 0 heterocycles. The highest BCUT2D eigenvalue weighted by atomic mass is 32.1. The molecule has 1 aromatic rings. The van der Waals surface area contributed by atoms with Crippen LogP contribution < -0.4 is 4.18 Å². The minimum absolute atomic E-state index is 0.168. The number of rotatable bonds is 5. The third-order valence-electron chi connectivity index (χ3n) is 2.10. The number of aromatic hydroxyl groups is 1. The van der Waals surface area contributed by atoms with Gasteiger partial charge in [-0.15, -0.1) is 0 Å². The maximum Gasteiger partial charge on any atom is 0.196 e. The summed E-state index contributed by atoms with van der Waals surface area (Å²) in [7, 11) is 0. The molecule has 88 valence electrons. The lowest BCUT2D eigenvalue weighted by atomic mass is 10.0. The van der Waals surface area contributed by atoms with E-state index < -0.39 is 0 Å². The summed E-state index contributed by atoms with van der Waals surface area (Å²) in [6.45, 7) is 7.04. The van der Waals surface area contributed by atoms with Gasteiger partial charge < -0.3 is 9.29 Å². The molecule has 1 N–H and O–H groups in total. The lowest BCUT2D eigenvalue weighted by molar-refractivity contribution is 0.103. The molecule has 3 nitrogen and oxygen atoms in total. The average Bonchev–Trinajstić information content (AvgIpc) is 2.35. The Kier molecular flexibility index (Phi) is 4.60. The Morgan fingerprint density at radius 3 is 2.59 bits per heavy atom. The van der Waals surface area contributed by atoms with Crippen LogP contribution in [0.2, 0.25) is 0 Å². The molecule has 1 aromatic carbocycles. The SMILES string of the molecule is C=C/C=C(\C=C)C(=O)c1ccc(OS)cc1O. The van der Waals surface area contributed by atoms with Gasteiger partial charge in [-0.3, -0.25) is 4.79 Å². The number of hydrogen-bond donors (Lipinski definition) is 2. The third kappa shape index (κ3) is 3.01. The van der Waals surface area contributed by atoms with Crippen LogP contribution in [-0.2, 0) is 0 Å². The van der Waals surface area contributed by atoms with E-state index in [9.17, 15) is 9.90 Å². The molecule has 0 saturated heterocycles. The van der Waals surface area contributed by atoms with Gasteiger partial charge in [-0.1, -0.05) is 31.4 Å². The molecule has 4 heteroatoms. The molecule has 17 heavy (non-hydrogen) atoms. The summed E-state index contributed by atoms with van der Waals surface area (Å²) in [6, 6.07) is 4.31. The van der Waals surface area contributed by atoms with Crippen molar-refractivity contribution in [2.24, 2.45) is 0 Å². The highest BCUT2D eigenvalue weighted by Crippen LogP contribution is 2.26. The Hall–Kier alpha value is -1.94. The first kappa shape index (κ1) is 13.1. The lowest BCUT2D eigenvalue weighted by Crippen LogP contribution is -2.01. The summed E-state index contributed by atoms with van der Waals surface area (Å²) in [4.78, 5) is 12.0. The molecule has 0 aromatic heterocycles. The van der Waals surface area contributed by atoms with Gasteiger partial charge in [0.15, 0.2) is 5.78 Å². The fraction of sp³-hybridized carbons (Fsp3) is 0. The van der Waals surface area contributed by atoms with E-state index in [2.05, 4.69) is 30.3 Å². The van der Waals surface area contributed by atoms with Crippen molar-refractivity contribution >= 4 is 18.7 Å². The van der Waals surface area contributed by atoms with E-state index >= 15 is 0 Å². The second-order valence-corrected chi connectivity index (χ2v) is 3.34. The Morgan fingerprint density at radius 1 is 1.41 bits per heavy atom. The molecule has 1 rings (SSSR count). The van der Waals surface area contributed by atoms with E-state index in [0.717, 1.165) is 0 Å². The first-order chi connectivity index (χ1) is 8.13. The molecule has 0 aliphatic rings. The molecule has 0 atom stereocenters. The Morgan fingerprint density at radius 2 is 2.12 bits per heavy atom. The van der Waals surface area contributed by atoms with Crippen molar-refractivity contribution in [2.45, 2.75) is 0 Å². The topological polar surface area (TPSA) is 46.5 Å². The van der Waals surface area contributed by atoms with Gasteiger partial charge in [0.05, 0.1) is 5.56 Å². The zero-order valence-electron chi connectivity index (χ0n) is 9.09. The van der Waals surface area contributed by atoms with Gasteiger partial charge in [-0.2, -0.15) is 0 Å². The van der Waals surface area contributed by atoms with Gasteiger partial charge in [0.2, 0.25) is 0 Å². The van der Waals surface area contributed by atoms with E-state index in [1.165, 1.54) is 36.4 Å². The summed E-state index contributed by atoms with van der Waals surface area (Å²) < 4.78 is 4.64. The average molecular weight is 248 g/mol. The minimum atomic E-state index is -0.330. The van der Waals surface area contributed by atoms with E-state index in [4.69, 9.17) is 0 Å². The number of phenols is 1. The van der Waals surface area contributed by atoms with Crippen LogP contribution in [0.1, 0.15) is 10.4 Å². The molecular weight excluding hydrogens is 236 g/mol. The normalized spacial score (nSPS) is 10.8. The maximum absolute atomic E-state index is 12.0. The molecule has 0 fully saturated rings. The van der Waals surface area contributed by atoms with E-state index in [1.807, 2.05) is 0 Å². The number of benzene rings is 1. The molecule has 0 bridgehead atoms. The standard InChI is InChI=1S/C13H12O3S/c1-3-5-9(4-2)13(15)11-7-6-10(16-17)8-12(11)14/h3-8,14,17H,1-2H2/b9-5+. The Balaban J connectivity index is 3.16. The van der Waals surface area contributed by atoms with Gasteiger partial charge in [0.25, 0.3) is 0 Å². The summed E-state index contributed by atoms with van der Waals surface area (Å²) in [5, 5.41) is 9.68. The van der Waals surface area contributed by atoms with Crippen LogP contribution in [0.25, 0.3) is 0 Å². The molecule has 0 spiro atoms. The van der Waals surface area contributed by atoms with Crippen molar-refractivity contribution in [3.63, 3.8) is 0 Å². The largest absolute Gasteiger partial charge is 0.507 e. The number of hydrogen-bond acceptors (Lipinski definition) is 4. The second kappa shape index (κ2) is 5.96. The van der Waals surface area contributed by atoms with Crippen LogP contribution in [-0.4, -0.2) is 10.9 Å². The van der Waals surface area contributed by atoms with Crippen LogP contribution in [0.3, 0.4) is 0 Å². The van der Waals surface area contributed by atoms with Gasteiger partial charge in [-0.25, -0.2) is 0 Å². The molecule has 0 aliphatic heterocycles. The Bertz CT molecular complexity index is 489. The van der Waals surface area contributed by atoms with Gasteiger partial charge >= 0.3 is 0 Å². The van der Waals surface area contributed by atoms with Crippen LogP contribution in [0, 0.1) is 0 Å². The Labute approximate surface area is 105 Å². The van der Waals surface area contributed by atoms with Gasteiger partial charge in [-0.05, 0) is 12.1 Å². The highest BCUT2D eigenvalue weighted by molar-refractivity contribution is 7.75. The van der Waals surface area contributed by atoms with Crippen LogP contribution in [0.5, 0.6) is 11.5 Å². The molecule has 0 radical (unpaired) electrons. The first-order valence-electron chi connectivity index (χ1n) is 4.78. The predicted octanol–water partition coefficient (Wildman–Crippen LogP) is 3.10. The van der Waals surface area contributed by atoms with Gasteiger partial charge in [0.1, 0.15) is 11.5 Å². The number of thiol groups is 1. The molecule has 0 amide bonds. The highest BCUT2D eigenvalue weighted by Gasteiger charge is 2.14. The van der Waals surface area contributed by atoms with E-state index in [1.54, 1.807) is 0 Å². The minimum Gasteiger partial charge on any atom is -0.507 e. The zero-order chi connectivity index (χ0) is 12.8. The molecule has 0 unspecified atom stereocenters. The number of ketones is 1. The van der Waals surface area contributed by atoms with Crippen molar-refractivity contribution in [1.82, 2.24) is 0 Å². The fourth-order valence-corrected chi connectivity index (χ4v) is 1.39. The van der Waals surface area contributed by atoms with Crippen molar-refractivity contribution in [3.05, 3.63) is 60.7 Å². The van der Waals surface area contributed by atoms with Crippen molar-refractivity contribution < 1.29 is 14.1 Å². The summed E-state index contributed by atoms with van der Waals surface area (Å²) in [5.41, 5.74) is 0.530. The molecule has 0 aliphatic carbocycles. The molecule has 0 saturated carbocycles. The van der Waals surface area contributed by atoms with Crippen LogP contribution >= 0.6 is 12.9 Å². The predicted molar refractivity (Wildman–Crippen MR) is 70.5 cm³/mol. The second-order valence-electron chi connectivity index (χ2n) is 3.16. The lowest BCUT2D eigenvalue weighted by Gasteiger charge is -2.05. The number of phenolic OH excluding ortho intramolecular Hbond substituents is 1. The molecular formula is C13H12O3S. The fourth-order valence-electron chi connectivity index (χ4n) is 1.28. The van der Waals surface area contributed by atoms with E-state index in [0.29, 0.717) is 11.3 Å². The summed E-state index contributed by atoms with van der Waals surface area (Å²) in [5.74, 6) is -0.142. The maximum atomic E-state index is 12.0. The number of carbonyl (C=O) groups excluding carboxylic acids is 1. The van der Waals surface area contributed by atoms with Gasteiger partial charge in [0, 0.05) is 24.5 Å². The third-order valence-corrected chi connectivity index (χ3v) is 2.31. The number of Topliss-reactive ketones (excluding diaryl/α,β-unsaturated/α-hetero) is 1. The van der Waals surface area contributed by atoms with E-state index in [-0.39, 0.29) is 17.1 Å². The van der Waals surface area contributed by atoms with Crippen LogP contribution in [0.15, 0.2) is 55.2 Å². The van der Waals surface area contributed by atoms with Crippen LogP contribution in [0.4, 0.5) is 0 Å². The summed E-state index contributed by atoms with van der Waals surface area (Å²) in [6.07, 6.45) is 4.42.